The van der Waals surface area contributed by atoms with E-state index in [1.165, 1.54) is 161 Å². The van der Waals surface area contributed by atoms with Crippen LogP contribution in [0.2, 0.25) is 0 Å². The zero-order valence-electron chi connectivity index (χ0n) is 23.3. The highest BCUT2D eigenvalue weighted by Gasteiger charge is 2.32. The Morgan fingerprint density at radius 1 is 0.406 bits per heavy atom. The highest BCUT2D eigenvalue weighted by molar-refractivity contribution is 7.19. The maximum Gasteiger partial charge on any atom is -0.0122 e. The Morgan fingerprint density at radius 3 is 1.06 bits per heavy atom. The zero-order chi connectivity index (χ0) is 23.8. The maximum absolute atomic E-state index is 3.48. The van der Waals surface area contributed by atoms with E-state index in [2.05, 4.69) is 36.9 Å². The molecule has 0 nitrogen and oxygen atoms in total. The van der Waals surface area contributed by atoms with Gasteiger partial charge in [-0.05, 0) is 36.8 Å². The molecule has 0 N–H and O–H groups in total. The summed E-state index contributed by atoms with van der Waals surface area (Å²) < 4.78 is 0. The molecule has 2 atom stereocenters. The number of unbranched alkanes of at least 4 members (excludes halogenated alkanes) is 17. The predicted octanol–water partition coefficient (Wildman–Crippen LogP) is 12.0. The average Bonchev–Trinajstić information content (AvgIpc) is 2.80. The van der Waals surface area contributed by atoms with Crippen LogP contribution >= 0.6 is 9.24 Å². The zero-order valence-corrected chi connectivity index (χ0v) is 24.5. The van der Waals surface area contributed by atoms with E-state index in [1.807, 2.05) is 0 Å². The van der Waals surface area contributed by atoms with Crippen LogP contribution in [0, 0.1) is 5.92 Å². The van der Waals surface area contributed by atoms with Crippen LogP contribution in [0.4, 0.5) is 0 Å². The van der Waals surface area contributed by atoms with Crippen LogP contribution in [-0.2, 0) is 0 Å². The molecule has 0 aliphatic carbocycles. The lowest BCUT2D eigenvalue weighted by Crippen LogP contribution is -2.32. The quantitative estimate of drug-likeness (QED) is 0.0874. The van der Waals surface area contributed by atoms with Crippen LogP contribution in [-0.4, -0.2) is 5.16 Å². The summed E-state index contributed by atoms with van der Waals surface area (Å²) in [6.45, 7) is 9.36. The molecule has 0 amide bonds. The molecule has 32 heavy (non-hydrogen) atoms. The van der Waals surface area contributed by atoms with Crippen molar-refractivity contribution in [2.45, 2.75) is 193 Å². The largest absolute Gasteiger partial charge is 0.131 e. The number of hydrogen-bond acceptors (Lipinski definition) is 0. The fraction of sp³-hybridized carbons (Fsp3) is 1.00. The van der Waals surface area contributed by atoms with Crippen LogP contribution < -0.4 is 0 Å². The highest BCUT2D eigenvalue weighted by atomic mass is 31.0. The molecule has 0 fully saturated rings. The lowest BCUT2D eigenvalue weighted by molar-refractivity contribution is 0.270. The van der Waals surface area contributed by atoms with Crippen LogP contribution in [0.5, 0.6) is 0 Å². The summed E-state index contributed by atoms with van der Waals surface area (Å²) in [5.41, 5.74) is 0. The van der Waals surface area contributed by atoms with Crippen LogP contribution in [0.1, 0.15) is 188 Å². The van der Waals surface area contributed by atoms with Crippen LogP contribution in [0.25, 0.3) is 0 Å². The third-order valence-corrected chi connectivity index (χ3v) is 8.92. The SMILES string of the molecule is CCCCCCCCCCCC(CCCCCC)C(P)(CCCCCC)CCCCCC. The fourth-order valence-corrected chi connectivity index (χ4v) is 6.27. The van der Waals surface area contributed by atoms with Crippen molar-refractivity contribution < 1.29 is 0 Å². The van der Waals surface area contributed by atoms with Gasteiger partial charge >= 0.3 is 0 Å². The molecule has 0 radical (unpaired) electrons. The lowest BCUT2D eigenvalue weighted by atomic mass is 9.77. The molecule has 0 heterocycles. The van der Waals surface area contributed by atoms with Crippen LogP contribution in [0.15, 0.2) is 0 Å². The third kappa shape index (κ3) is 18.8. The normalized spacial score (nSPS) is 13.0. The van der Waals surface area contributed by atoms with E-state index in [1.54, 1.807) is 0 Å². The maximum atomic E-state index is 3.48. The van der Waals surface area contributed by atoms with Gasteiger partial charge < -0.3 is 0 Å². The van der Waals surface area contributed by atoms with Gasteiger partial charge in [-0.3, -0.25) is 0 Å². The summed E-state index contributed by atoms with van der Waals surface area (Å²) in [6, 6.07) is 0. The highest BCUT2D eigenvalue weighted by Crippen LogP contribution is 2.44. The number of rotatable bonds is 26. The van der Waals surface area contributed by atoms with Crippen molar-refractivity contribution in [3.63, 3.8) is 0 Å². The second-order valence-corrected chi connectivity index (χ2v) is 12.2. The van der Waals surface area contributed by atoms with E-state index < -0.39 is 0 Å². The second-order valence-electron chi connectivity index (χ2n) is 11.0. The fourth-order valence-electron chi connectivity index (χ4n) is 5.53. The summed E-state index contributed by atoms with van der Waals surface area (Å²) in [5.74, 6) is 0.942. The van der Waals surface area contributed by atoms with Crippen molar-refractivity contribution >= 4 is 9.24 Å². The molecular weight excluding hydrogens is 403 g/mol. The van der Waals surface area contributed by atoms with E-state index in [0.29, 0.717) is 5.16 Å². The minimum Gasteiger partial charge on any atom is -0.131 e. The van der Waals surface area contributed by atoms with E-state index >= 15 is 0 Å². The molecule has 1 heteroatoms. The van der Waals surface area contributed by atoms with Crippen molar-refractivity contribution in [2.75, 3.05) is 0 Å². The van der Waals surface area contributed by atoms with Crippen molar-refractivity contribution in [1.82, 2.24) is 0 Å². The third-order valence-electron chi connectivity index (χ3n) is 7.87. The Kier molecular flexibility index (Phi) is 24.9. The topological polar surface area (TPSA) is 0 Å². The van der Waals surface area contributed by atoms with Gasteiger partial charge in [-0.1, -0.05) is 163 Å². The van der Waals surface area contributed by atoms with E-state index in [0.717, 1.165) is 5.92 Å². The summed E-state index contributed by atoms with van der Waals surface area (Å²) in [5, 5.41) is 0.522. The molecule has 0 saturated carbocycles. The smallest absolute Gasteiger partial charge is 0.0122 e. The monoisotopic (exact) mass is 468 g/mol. The van der Waals surface area contributed by atoms with Gasteiger partial charge in [-0.25, -0.2) is 0 Å². The van der Waals surface area contributed by atoms with Crippen molar-refractivity contribution in [3.05, 3.63) is 0 Å². The Morgan fingerprint density at radius 2 is 0.688 bits per heavy atom. The minimum absolute atomic E-state index is 0.522. The number of hydrogen-bond donors (Lipinski definition) is 0. The summed E-state index contributed by atoms with van der Waals surface area (Å²) in [6.07, 6.45) is 36.1. The van der Waals surface area contributed by atoms with E-state index in [9.17, 15) is 0 Å². The molecule has 0 aromatic rings. The first-order chi connectivity index (χ1) is 15.6. The first-order valence-corrected chi connectivity index (χ1v) is 16.0. The van der Waals surface area contributed by atoms with Gasteiger partial charge in [0.15, 0.2) is 0 Å². The van der Waals surface area contributed by atoms with Crippen molar-refractivity contribution in [2.24, 2.45) is 5.92 Å². The molecule has 0 aromatic carbocycles. The van der Waals surface area contributed by atoms with Gasteiger partial charge in [-0.2, -0.15) is 0 Å². The van der Waals surface area contributed by atoms with Crippen LogP contribution in [0.3, 0.4) is 0 Å². The van der Waals surface area contributed by atoms with Gasteiger partial charge in [0.1, 0.15) is 0 Å². The molecule has 194 valence electrons. The summed E-state index contributed by atoms with van der Waals surface area (Å²) in [7, 11) is 3.48. The standard InChI is InChI=1S/C31H65P/c1-5-9-13-17-18-19-20-21-23-27-30(26-22-14-10-6-2)31(32,28-24-15-11-7-3)29-25-16-12-8-4/h30H,5-29,32H2,1-4H3. The molecule has 0 aliphatic rings. The van der Waals surface area contributed by atoms with Gasteiger partial charge in [0.2, 0.25) is 0 Å². The summed E-state index contributed by atoms with van der Waals surface area (Å²) in [4.78, 5) is 0. The summed E-state index contributed by atoms with van der Waals surface area (Å²) >= 11 is 0. The predicted molar refractivity (Wildman–Crippen MR) is 154 cm³/mol. The molecule has 0 aromatic heterocycles. The first kappa shape index (κ1) is 32.4. The second kappa shape index (κ2) is 24.6. The molecule has 0 bridgehead atoms. The average molecular weight is 469 g/mol. The molecule has 0 saturated heterocycles. The van der Waals surface area contributed by atoms with E-state index in [-0.39, 0.29) is 0 Å². The van der Waals surface area contributed by atoms with Gasteiger partial charge in [0, 0.05) is 0 Å². The minimum atomic E-state index is 0.522. The molecule has 0 rings (SSSR count). The van der Waals surface area contributed by atoms with Crippen molar-refractivity contribution in [3.8, 4) is 0 Å². The lowest BCUT2D eigenvalue weighted by Gasteiger charge is -2.39. The van der Waals surface area contributed by atoms with Gasteiger partial charge in [-0.15, -0.1) is 9.24 Å². The van der Waals surface area contributed by atoms with Crippen molar-refractivity contribution in [1.29, 1.82) is 0 Å². The molecule has 0 spiro atoms. The Hall–Kier alpha value is 0.430. The first-order valence-electron chi connectivity index (χ1n) is 15.4. The van der Waals surface area contributed by atoms with Gasteiger partial charge in [0.05, 0.1) is 0 Å². The molecular formula is C31H65P. The van der Waals surface area contributed by atoms with E-state index in [4.69, 9.17) is 0 Å². The Labute approximate surface area is 208 Å². The van der Waals surface area contributed by atoms with Gasteiger partial charge in [0.25, 0.3) is 0 Å². The molecule has 2 unspecified atom stereocenters. The Balaban J connectivity index is 4.67. The molecule has 0 aliphatic heterocycles. The Bertz CT molecular complexity index is 338.